The van der Waals surface area contributed by atoms with Gasteiger partial charge >= 0.3 is 0 Å². The molecule has 0 atom stereocenters. The maximum absolute atomic E-state index is 13.1. The maximum Gasteiger partial charge on any atom is 0.291 e. The number of halogens is 1. The lowest BCUT2D eigenvalue weighted by molar-refractivity contribution is 0.0735. The van der Waals surface area contributed by atoms with Crippen LogP contribution in [-0.2, 0) is 7.05 Å². The molecule has 0 bridgehead atoms. The summed E-state index contributed by atoms with van der Waals surface area (Å²) in [7, 11) is 5.60. The van der Waals surface area contributed by atoms with Gasteiger partial charge in [0.25, 0.3) is 5.91 Å². The number of amides is 1. The summed E-state index contributed by atoms with van der Waals surface area (Å²) >= 11 is 6.10. The number of benzene rings is 1. The minimum absolute atomic E-state index is 0.156. The molecule has 3 heterocycles. The first-order valence-electron chi connectivity index (χ1n) is 9.11. The average Bonchev–Trinajstić information content (AvgIpc) is 3.07. The summed E-state index contributed by atoms with van der Waals surface area (Å²) in [5.74, 6) is 0.743. The smallest absolute Gasteiger partial charge is 0.291 e. The summed E-state index contributed by atoms with van der Waals surface area (Å²) in [5, 5.41) is 5.79. The van der Waals surface area contributed by atoms with Gasteiger partial charge in [0.05, 0.1) is 11.6 Å². The van der Waals surface area contributed by atoms with Crippen LogP contribution >= 0.6 is 11.6 Å². The maximum atomic E-state index is 13.1. The molecule has 0 spiro atoms. The van der Waals surface area contributed by atoms with Crippen molar-refractivity contribution < 1.29 is 4.79 Å². The lowest BCUT2D eigenvalue weighted by Gasteiger charge is -2.35. The van der Waals surface area contributed by atoms with Crippen LogP contribution in [0.2, 0.25) is 5.02 Å². The number of rotatable bonds is 3. The number of hydrogen-bond acceptors (Lipinski definition) is 6. The molecule has 8 nitrogen and oxygen atoms in total. The molecular weight excluding hydrogens is 378 g/mol. The van der Waals surface area contributed by atoms with Gasteiger partial charge in [-0.25, -0.2) is 9.97 Å². The standard InChI is InChI=1S/C19H22ClN7O/c1-24(2)17-15-12-21-25(3)18(15)23-16(22-17)19(28)27-9-7-26(8-10-27)14-6-4-5-13(20)11-14/h4-6,11-12H,7-10H2,1-3H3. The Morgan fingerprint density at radius 2 is 1.89 bits per heavy atom. The lowest BCUT2D eigenvalue weighted by atomic mass is 10.2. The lowest BCUT2D eigenvalue weighted by Crippen LogP contribution is -2.49. The van der Waals surface area contributed by atoms with Gasteiger partial charge in [0, 0.05) is 58.0 Å². The van der Waals surface area contributed by atoms with E-state index in [1.807, 2.05) is 50.3 Å². The van der Waals surface area contributed by atoms with E-state index < -0.39 is 0 Å². The van der Waals surface area contributed by atoms with E-state index in [-0.39, 0.29) is 11.7 Å². The molecule has 1 aliphatic heterocycles. The molecule has 0 N–H and O–H groups in total. The minimum Gasteiger partial charge on any atom is -0.368 e. The number of piperazine rings is 1. The highest BCUT2D eigenvalue weighted by molar-refractivity contribution is 6.30. The van der Waals surface area contributed by atoms with Crippen LogP contribution in [0.15, 0.2) is 30.5 Å². The zero-order valence-corrected chi connectivity index (χ0v) is 16.9. The van der Waals surface area contributed by atoms with Crippen LogP contribution in [0.5, 0.6) is 0 Å². The van der Waals surface area contributed by atoms with E-state index in [0.29, 0.717) is 29.6 Å². The van der Waals surface area contributed by atoms with Crippen molar-refractivity contribution in [2.75, 3.05) is 50.1 Å². The molecule has 1 saturated heterocycles. The van der Waals surface area contributed by atoms with Crippen molar-refractivity contribution in [3.05, 3.63) is 41.3 Å². The largest absolute Gasteiger partial charge is 0.368 e. The Kier molecular flexibility index (Phi) is 4.80. The third-order valence-electron chi connectivity index (χ3n) is 4.93. The third-order valence-corrected chi connectivity index (χ3v) is 5.16. The molecule has 28 heavy (non-hydrogen) atoms. The minimum atomic E-state index is -0.156. The molecule has 0 radical (unpaired) electrons. The molecule has 1 aromatic carbocycles. The van der Waals surface area contributed by atoms with Crippen molar-refractivity contribution in [3.8, 4) is 0 Å². The van der Waals surface area contributed by atoms with Gasteiger partial charge in [0.1, 0.15) is 5.82 Å². The van der Waals surface area contributed by atoms with Gasteiger partial charge in [-0.1, -0.05) is 17.7 Å². The molecule has 1 fully saturated rings. The summed E-state index contributed by atoms with van der Waals surface area (Å²) in [5.41, 5.74) is 1.72. The SMILES string of the molecule is CN(C)c1nc(C(=O)N2CCN(c3cccc(Cl)c3)CC2)nc2c1cnn2C. The molecule has 146 valence electrons. The van der Waals surface area contributed by atoms with Gasteiger partial charge in [-0.2, -0.15) is 5.10 Å². The molecule has 1 aliphatic rings. The van der Waals surface area contributed by atoms with Gasteiger partial charge in [-0.05, 0) is 18.2 Å². The van der Waals surface area contributed by atoms with Gasteiger partial charge in [-0.15, -0.1) is 0 Å². The summed E-state index contributed by atoms with van der Waals surface area (Å²) in [6, 6.07) is 7.78. The molecular formula is C19H22ClN7O. The van der Waals surface area contributed by atoms with Crippen molar-refractivity contribution in [2.24, 2.45) is 7.05 Å². The fourth-order valence-corrected chi connectivity index (χ4v) is 3.61. The Morgan fingerprint density at radius 3 is 2.57 bits per heavy atom. The fraction of sp³-hybridized carbons (Fsp3) is 0.368. The first kappa shape index (κ1) is 18.5. The molecule has 0 unspecified atom stereocenters. The highest BCUT2D eigenvalue weighted by Crippen LogP contribution is 2.23. The summed E-state index contributed by atoms with van der Waals surface area (Å²) in [4.78, 5) is 28.0. The van der Waals surface area contributed by atoms with E-state index in [0.717, 1.165) is 24.2 Å². The highest BCUT2D eigenvalue weighted by Gasteiger charge is 2.26. The summed E-state index contributed by atoms with van der Waals surface area (Å²) in [6.45, 7) is 2.69. The van der Waals surface area contributed by atoms with Gasteiger partial charge in [-0.3, -0.25) is 9.48 Å². The number of hydrogen-bond donors (Lipinski definition) is 0. The quantitative estimate of drug-likeness (QED) is 0.671. The van der Waals surface area contributed by atoms with E-state index in [4.69, 9.17) is 11.6 Å². The van der Waals surface area contributed by atoms with E-state index in [9.17, 15) is 4.79 Å². The molecule has 3 aromatic rings. The zero-order chi connectivity index (χ0) is 19.8. The van der Waals surface area contributed by atoms with Crippen LogP contribution in [0.25, 0.3) is 11.0 Å². The first-order valence-corrected chi connectivity index (χ1v) is 9.48. The Balaban J connectivity index is 1.55. The Bertz CT molecular complexity index is 1020. The van der Waals surface area contributed by atoms with Gasteiger partial charge in [0.2, 0.25) is 5.82 Å². The highest BCUT2D eigenvalue weighted by atomic mass is 35.5. The number of carbonyl (C=O) groups is 1. The number of nitrogens with zero attached hydrogens (tertiary/aromatic N) is 7. The number of aromatic nitrogens is 4. The third kappa shape index (κ3) is 3.35. The molecule has 9 heteroatoms. The fourth-order valence-electron chi connectivity index (χ4n) is 3.43. The van der Waals surface area contributed by atoms with E-state index in [1.165, 1.54) is 0 Å². The number of anilines is 2. The van der Waals surface area contributed by atoms with Crippen LogP contribution in [0.1, 0.15) is 10.6 Å². The molecule has 0 saturated carbocycles. The molecule has 0 aliphatic carbocycles. The Labute approximate surface area is 168 Å². The number of fused-ring (bicyclic) bond motifs is 1. The van der Waals surface area contributed by atoms with Gasteiger partial charge < -0.3 is 14.7 Å². The second kappa shape index (κ2) is 7.27. The topological polar surface area (TPSA) is 70.4 Å². The molecule has 2 aromatic heterocycles. The number of carbonyl (C=O) groups excluding carboxylic acids is 1. The predicted molar refractivity (Wildman–Crippen MR) is 110 cm³/mol. The van der Waals surface area contributed by atoms with Crippen LogP contribution in [0.4, 0.5) is 11.5 Å². The van der Waals surface area contributed by atoms with Crippen LogP contribution < -0.4 is 9.80 Å². The first-order chi connectivity index (χ1) is 13.4. The summed E-state index contributed by atoms with van der Waals surface area (Å²) < 4.78 is 1.66. The van der Waals surface area contributed by atoms with Crippen molar-refractivity contribution in [1.29, 1.82) is 0 Å². The average molecular weight is 400 g/mol. The molecule has 4 rings (SSSR count). The van der Waals surface area contributed by atoms with Crippen LogP contribution in [0, 0.1) is 0 Å². The number of aryl methyl sites for hydroxylation is 1. The van der Waals surface area contributed by atoms with E-state index in [2.05, 4.69) is 20.0 Å². The predicted octanol–water partition coefficient (Wildman–Crippen LogP) is 2.05. The monoisotopic (exact) mass is 399 g/mol. The summed E-state index contributed by atoms with van der Waals surface area (Å²) in [6.07, 6.45) is 1.72. The Hall–Kier alpha value is -2.87. The van der Waals surface area contributed by atoms with Crippen molar-refractivity contribution >= 4 is 40.0 Å². The van der Waals surface area contributed by atoms with Crippen molar-refractivity contribution in [2.45, 2.75) is 0 Å². The Morgan fingerprint density at radius 1 is 1.14 bits per heavy atom. The van der Waals surface area contributed by atoms with E-state index >= 15 is 0 Å². The van der Waals surface area contributed by atoms with Crippen LogP contribution in [0.3, 0.4) is 0 Å². The van der Waals surface area contributed by atoms with Crippen molar-refractivity contribution in [1.82, 2.24) is 24.6 Å². The van der Waals surface area contributed by atoms with Crippen LogP contribution in [-0.4, -0.2) is 70.8 Å². The van der Waals surface area contributed by atoms with Crippen molar-refractivity contribution in [3.63, 3.8) is 0 Å². The zero-order valence-electron chi connectivity index (χ0n) is 16.1. The second-order valence-corrected chi connectivity index (χ2v) is 7.47. The van der Waals surface area contributed by atoms with E-state index in [1.54, 1.807) is 15.8 Å². The second-order valence-electron chi connectivity index (χ2n) is 7.03. The van der Waals surface area contributed by atoms with Gasteiger partial charge in [0.15, 0.2) is 5.65 Å². The molecule has 1 amide bonds. The normalized spacial score (nSPS) is 14.6.